The maximum Gasteiger partial charge on any atom is 0.150 e. The summed E-state index contributed by atoms with van der Waals surface area (Å²) in [5.41, 5.74) is 0.988. The van der Waals surface area contributed by atoms with Crippen molar-refractivity contribution in [1.82, 2.24) is 0 Å². The number of benzene rings is 1. The Balaban J connectivity index is 0.000000845. The molecule has 0 unspecified atom stereocenters. The molecular weight excluding hydrogens is 258 g/mol. The van der Waals surface area contributed by atoms with Crippen molar-refractivity contribution in [1.29, 1.82) is 0 Å². The van der Waals surface area contributed by atoms with E-state index < -0.39 is 7.15 Å². The molecule has 1 aliphatic rings. The molecule has 1 aromatic carbocycles. The van der Waals surface area contributed by atoms with E-state index in [9.17, 15) is 0 Å². The molecule has 0 saturated heterocycles. The molecule has 1 N–H and O–H groups in total. The Kier molecular flexibility index (Phi) is 3.29. The highest BCUT2D eigenvalue weighted by Gasteiger charge is 2.23. The molecule has 13 heavy (non-hydrogen) atoms. The van der Waals surface area contributed by atoms with Gasteiger partial charge in [-0.05, 0) is 41.7 Å². The number of rotatable bonds is 0. The quantitative estimate of drug-likeness (QED) is 0.568. The molecule has 0 amide bonds. The first-order chi connectivity index (χ1) is 5.62. The van der Waals surface area contributed by atoms with Crippen molar-refractivity contribution in [2.45, 2.75) is 4.90 Å². The molecule has 0 radical (unpaired) electrons. The van der Waals surface area contributed by atoms with E-state index in [1.807, 2.05) is 24.3 Å². The van der Waals surface area contributed by atoms with Crippen molar-refractivity contribution >= 4 is 65.2 Å². The second-order valence-electron chi connectivity index (χ2n) is 2.41. The van der Waals surface area contributed by atoms with Gasteiger partial charge in [0.1, 0.15) is 0 Å². The lowest BCUT2D eigenvalue weighted by atomic mass is 10.3. The van der Waals surface area contributed by atoms with Gasteiger partial charge in [0.2, 0.25) is 0 Å². The number of fused-ring (bicyclic) bond motifs is 1. The van der Waals surface area contributed by atoms with Gasteiger partial charge in [0.05, 0.1) is 5.69 Å². The Labute approximate surface area is 99.2 Å². The highest BCUT2D eigenvalue weighted by molar-refractivity contribution is 8.66. The maximum atomic E-state index is 5.28. The smallest absolute Gasteiger partial charge is 0.150 e. The highest BCUT2D eigenvalue weighted by atomic mass is 33.1. The topological polar surface area (TPSA) is 12.0 Å². The highest BCUT2D eigenvalue weighted by Crippen LogP contribution is 2.30. The third-order valence-electron chi connectivity index (χ3n) is 1.66. The number of thiocarbonyl (C=S) groups is 1. The predicted molar refractivity (Wildman–Crippen MR) is 73.4 cm³/mol. The molecule has 0 spiro atoms. The lowest BCUT2D eigenvalue weighted by Crippen LogP contribution is -2.08. The van der Waals surface area contributed by atoms with Crippen molar-refractivity contribution in [2.24, 2.45) is 0 Å². The van der Waals surface area contributed by atoms with E-state index >= 15 is 0 Å². The van der Waals surface area contributed by atoms with Crippen LogP contribution in [-0.2, 0) is 29.5 Å². The summed E-state index contributed by atoms with van der Waals surface area (Å²) in [4.78, 5) is 1.01. The molecule has 1 nitrogen and oxygen atoms in total. The fourth-order valence-corrected chi connectivity index (χ4v) is 3.69. The molecule has 6 heteroatoms. The normalized spacial score (nSPS) is 17.1. The van der Waals surface area contributed by atoms with E-state index in [4.69, 9.17) is 34.6 Å². The average molecular weight is 265 g/mol. The predicted octanol–water partition coefficient (Wildman–Crippen LogP) is 1.95. The zero-order valence-electron chi connectivity index (χ0n) is 6.44. The third-order valence-corrected chi connectivity index (χ3v) is 6.75. The van der Waals surface area contributed by atoms with Crippen molar-refractivity contribution in [2.75, 3.05) is 5.32 Å². The van der Waals surface area contributed by atoms with Crippen LogP contribution in [0, 0.1) is 0 Å². The van der Waals surface area contributed by atoms with Gasteiger partial charge in [-0.25, -0.2) is 0 Å². The molecule has 70 valence electrons. The Morgan fingerprint density at radius 3 is 2.38 bits per heavy atom. The van der Waals surface area contributed by atoms with E-state index in [0.717, 1.165) is 10.6 Å². The van der Waals surface area contributed by atoms with Gasteiger partial charge in [0.25, 0.3) is 0 Å². The minimum atomic E-state index is -1.70. The molecule has 0 bridgehead atoms. The monoisotopic (exact) mass is 265 g/mol. The summed E-state index contributed by atoms with van der Waals surface area (Å²) in [7, 11) is -1.70. The molecule has 0 saturated carbocycles. The largest absolute Gasteiger partial charge is 0.339 e. The summed E-state index contributed by atoms with van der Waals surface area (Å²) in [5.74, 6) is 0. The van der Waals surface area contributed by atoms with Gasteiger partial charge in [0, 0.05) is 4.90 Å². The Bertz CT molecular complexity index is 448. The lowest BCUT2D eigenvalue weighted by molar-refractivity contribution is 1.48. The van der Waals surface area contributed by atoms with E-state index in [0.29, 0.717) is 4.32 Å². The van der Waals surface area contributed by atoms with Crippen LogP contribution in [0.5, 0.6) is 0 Å². The van der Waals surface area contributed by atoms with Crippen LogP contribution < -0.4 is 5.32 Å². The van der Waals surface area contributed by atoms with Crippen LogP contribution in [0.25, 0.3) is 0 Å². The summed E-state index contributed by atoms with van der Waals surface area (Å²) >= 11 is 15.6. The van der Waals surface area contributed by atoms with Crippen molar-refractivity contribution in [3.05, 3.63) is 24.3 Å². The number of para-hydroxylation sites is 1. The van der Waals surface area contributed by atoms with Crippen LogP contribution in [0.1, 0.15) is 0 Å². The molecule has 0 aliphatic carbocycles. The van der Waals surface area contributed by atoms with Gasteiger partial charge < -0.3 is 5.32 Å². The number of hydrogen-bond donors (Lipinski definition) is 1. The second-order valence-corrected chi connectivity index (χ2v) is 8.57. The van der Waals surface area contributed by atoms with Crippen LogP contribution in [0.2, 0.25) is 0 Å². The Hall–Kier alpha value is 0.250. The van der Waals surface area contributed by atoms with Crippen LogP contribution >= 0.6 is 25.7 Å². The average Bonchev–Trinajstić information content (AvgIpc) is 2.25. The first-order valence-corrected chi connectivity index (χ1v) is 7.16. The fraction of sp³-hybridized carbons (Fsp3) is 0. The molecule has 1 aliphatic heterocycles. The minimum absolute atomic E-state index is 0. The van der Waals surface area contributed by atoms with E-state index in [1.54, 1.807) is 0 Å². The van der Waals surface area contributed by atoms with Gasteiger partial charge >= 0.3 is 0 Å². The molecule has 0 aromatic heterocycles. The first-order valence-electron chi connectivity index (χ1n) is 3.27. The van der Waals surface area contributed by atoms with Gasteiger partial charge in [-0.15, -0.1) is 0 Å². The SMILES string of the molecule is S.S=C1Nc2ccccc2S1(=S)=S. The van der Waals surface area contributed by atoms with Crippen LogP contribution in [0.3, 0.4) is 0 Å². The first kappa shape index (κ1) is 11.3. The van der Waals surface area contributed by atoms with Gasteiger partial charge in [0.15, 0.2) is 4.32 Å². The molecule has 0 fully saturated rings. The summed E-state index contributed by atoms with van der Waals surface area (Å²) in [6.07, 6.45) is 0. The van der Waals surface area contributed by atoms with E-state index in [-0.39, 0.29) is 13.5 Å². The Morgan fingerprint density at radius 1 is 1.15 bits per heavy atom. The van der Waals surface area contributed by atoms with Crippen molar-refractivity contribution in [3.63, 3.8) is 0 Å². The van der Waals surface area contributed by atoms with Gasteiger partial charge in [-0.2, -0.15) is 13.5 Å². The fourth-order valence-electron chi connectivity index (χ4n) is 1.08. The summed E-state index contributed by atoms with van der Waals surface area (Å²) in [6, 6.07) is 7.79. The maximum absolute atomic E-state index is 5.28. The number of hydrogen-bond acceptors (Lipinski definition) is 3. The van der Waals surface area contributed by atoms with Crippen molar-refractivity contribution < 1.29 is 0 Å². The van der Waals surface area contributed by atoms with Crippen molar-refractivity contribution in [3.8, 4) is 0 Å². The number of anilines is 1. The standard InChI is InChI=1S/C7H5NS4.H2S/c9-7-8-5-3-1-2-4-6(5)12(7,10)11;/h1-4H,(H,8,9);1H2. The summed E-state index contributed by atoms with van der Waals surface area (Å²) in [6.45, 7) is 0. The summed E-state index contributed by atoms with van der Waals surface area (Å²) < 4.78 is 0.633. The molecule has 1 heterocycles. The molecular formula is C7H7NS5. The molecule has 1 aromatic rings. The van der Waals surface area contributed by atoms with Gasteiger partial charge in [-0.1, -0.05) is 24.4 Å². The van der Waals surface area contributed by atoms with Gasteiger partial charge in [-0.3, -0.25) is 0 Å². The number of nitrogens with one attached hydrogen (secondary N) is 1. The van der Waals surface area contributed by atoms with E-state index in [2.05, 4.69) is 5.32 Å². The van der Waals surface area contributed by atoms with E-state index in [1.165, 1.54) is 0 Å². The lowest BCUT2D eigenvalue weighted by Gasteiger charge is -1.98. The zero-order valence-corrected chi connectivity index (χ0v) is 10.7. The van der Waals surface area contributed by atoms with Crippen LogP contribution in [-0.4, -0.2) is 4.32 Å². The third kappa shape index (κ3) is 1.73. The minimum Gasteiger partial charge on any atom is -0.339 e. The van der Waals surface area contributed by atoms with Crippen LogP contribution in [0.15, 0.2) is 29.2 Å². The molecule has 2 rings (SSSR count). The van der Waals surface area contributed by atoms with Crippen LogP contribution in [0.4, 0.5) is 5.69 Å². The Morgan fingerprint density at radius 2 is 1.77 bits per heavy atom. The second kappa shape index (κ2) is 3.78. The molecule has 0 atom stereocenters. The zero-order chi connectivity index (χ0) is 8.77. The summed E-state index contributed by atoms with van der Waals surface area (Å²) in [5, 5.41) is 3.05.